The normalized spacial score (nSPS) is 11.8. The zero-order chi connectivity index (χ0) is 15.2. The quantitative estimate of drug-likeness (QED) is 0.787. The fourth-order valence-electron chi connectivity index (χ4n) is 1.78. The molecule has 0 saturated carbocycles. The molecule has 21 heavy (non-hydrogen) atoms. The summed E-state index contributed by atoms with van der Waals surface area (Å²) < 4.78 is 0.735. The van der Waals surface area contributed by atoms with Crippen LogP contribution in [0.2, 0.25) is 0 Å². The molecule has 5 nitrogen and oxygen atoms in total. The Bertz CT molecular complexity index is 615. The Kier molecular flexibility index (Phi) is 5.30. The van der Waals surface area contributed by atoms with E-state index in [1.54, 1.807) is 18.5 Å². The van der Waals surface area contributed by atoms with Crippen LogP contribution in [-0.2, 0) is 0 Å². The number of amides is 2. The van der Waals surface area contributed by atoms with E-state index in [0.717, 1.165) is 10.2 Å². The number of nitrogens with zero attached hydrogens (tertiary/aromatic N) is 1. The first-order valence-electron chi connectivity index (χ1n) is 6.55. The Balaban J connectivity index is 1.98. The maximum absolute atomic E-state index is 11.9. The largest absolute Gasteiger partial charge is 0.323 e. The van der Waals surface area contributed by atoms with Crippen molar-refractivity contribution >= 4 is 33.3 Å². The van der Waals surface area contributed by atoms with Crippen molar-refractivity contribution < 1.29 is 4.79 Å². The second-order valence-electron chi connectivity index (χ2n) is 4.57. The number of hydrogen-bond acceptors (Lipinski definition) is 3. The molecule has 0 spiro atoms. The Morgan fingerprint density at radius 1 is 1.19 bits per heavy atom. The molecule has 0 aliphatic carbocycles. The predicted octanol–water partition coefficient (Wildman–Crippen LogP) is 3.77. The minimum Gasteiger partial charge on any atom is -0.313 e. The summed E-state index contributed by atoms with van der Waals surface area (Å²) in [7, 11) is 1.91. The Labute approximate surface area is 132 Å². The summed E-state index contributed by atoms with van der Waals surface area (Å²) >= 11 is 3.33. The molecule has 0 fully saturated rings. The standard InChI is InChI=1S/C15H17BrN4O/c1-10(17-2)11-3-5-12(6-4-11)19-15(21)20-14-7-8-18-9-13(14)16/h3-10,17H,1-2H3,(H2,18,19,20,21). The third-order valence-electron chi connectivity index (χ3n) is 3.12. The third-order valence-corrected chi connectivity index (χ3v) is 3.75. The van der Waals surface area contributed by atoms with Crippen LogP contribution in [0.5, 0.6) is 0 Å². The van der Waals surface area contributed by atoms with Crippen molar-refractivity contribution in [2.75, 3.05) is 17.7 Å². The molecule has 110 valence electrons. The Morgan fingerprint density at radius 2 is 1.90 bits per heavy atom. The number of rotatable bonds is 4. The van der Waals surface area contributed by atoms with Gasteiger partial charge in [0, 0.05) is 24.1 Å². The van der Waals surface area contributed by atoms with Crippen molar-refractivity contribution in [1.82, 2.24) is 10.3 Å². The van der Waals surface area contributed by atoms with Crippen LogP contribution >= 0.6 is 15.9 Å². The molecule has 3 N–H and O–H groups in total. The first-order chi connectivity index (χ1) is 10.1. The van der Waals surface area contributed by atoms with Crippen molar-refractivity contribution in [3.63, 3.8) is 0 Å². The first kappa shape index (κ1) is 15.5. The number of urea groups is 1. The molecule has 1 heterocycles. The van der Waals surface area contributed by atoms with E-state index in [9.17, 15) is 4.79 Å². The van der Waals surface area contributed by atoms with Gasteiger partial charge in [0.1, 0.15) is 0 Å². The monoisotopic (exact) mass is 348 g/mol. The van der Waals surface area contributed by atoms with Gasteiger partial charge in [-0.25, -0.2) is 4.79 Å². The third kappa shape index (κ3) is 4.27. The lowest BCUT2D eigenvalue weighted by Gasteiger charge is -2.12. The summed E-state index contributed by atoms with van der Waals surface area (Å²) in [6, 6.07) is 9.44. The number of nitrogens with one attached hydrogen (secondary N) is 3. The lowest BCUT2D eigenvalue weighted by Crippen LogP contribution is -2.19. The summed E-state index contributed by atoms with van der Waals surface area (Å²) in [5.74, 6) is 0. The molecule has 1 aromatic carbocycles. The van der Waals surface area contributed by atoms with Crippen LogP contribution in [0.1, 0.15) is 18.5 Å². The molecule has 2 amide bonds. The van der Waals surface area contributed by atoms with E-state index in [1.165, 1.54) is 5.56 Å². The minimum atomic E-state index is -0.295. The van der Waals surface area contributed by atoms with Gasteiger partial charge in [-0.1, -0.05) is 12.1 Å². The highest BCUT2D eigenvalue weighted by Gasteiger charge is 2.06. The van der Waals surface area contributed by atoms with E-state index < -0.39 is 0 Å². The molecule has 2 rings (SSSR count). The summed E-state index contributed by atoms with van der Waals surface area (Å²) in [5.41, 5.74) is 2.58. The van der Waals surface area contributed by atoms with Crippen molar-refractivity contribution in [1.29, 1.82) is 0 Å². The van der Waals surface area contributed by atoms with E-state index in [-0.39, 0.29) is 12.1 Å². The average Bonchev–Trinajstić information content (AvgIpc) is 2.49. The van der Waals surface area contributed by atoms with Gasteiger partial charge in [0.2, 0.25) is 0 Å². The van der Waals surface area contributed by atoms with Gasteiger partial charge >= 0.3 is 6.03 Å². The number of hydrogen-bond donors (Lipinski definition) is 3. The van der Waals surface area contributed by atoms with Crippen LogP contribution in [0.3, 0.4) is 0 Å². The number of carbonyl (C=O) groups is 1. The minimum absolute atomic E-state index is 0.278. The second kappa shape index (κ2) is 7.19. The van der Waals surface area contributed by atoms with Gasteiger partial charge in [-0.05, 0) is 53.7 Å². The number of aromatic nitrogens is 1. The fraction of sp³-hybridized carbons (Fsp3) is 0.200. The van der Waals surface area contributed by atoms with E-state index in [1.807, 2.05) is 31.3 Å². The van der Waals surface area contributed by atoms with Gasteiger partial charge in [-0.2, -0.15) is 0 Å². The number of anilines is 2. The summed E-state index contributed by atoms with van der Waals surface area (Å²) in [6.45, 7) is 2.08. The number of halogens is 1. The molecule has 6 heteroatoms. The predicted molar refractivity (Wildman–Crippen MR) is 88.5 cm³/mol. The van der Waals surface area contributed by atoms with Crippen molar-refractivity contribution in [2.24, 2.45) is 0 Å². The molecule has 0 aliphatic rings. The van der Waals surface area contributed by atoms with Crippen LogP contribution in [-0.4, -0.2) is 18.1 Å². The molecule has 1 aromatic heterocycles. The Hall–Kier alpha value is -1.92. The van der Waals surface area contributed by atoms with Crippen LogP contribution in [0.4, 0.5) is 16.2 Å². The van der Waals surface area contributed by atoms with Gasteiger partial charge < -0.3 is 16.0 Å². The topological polar surface area (TPSA) is 66.0 Å². The van der Waals surface area contributed by atoms with Gasteiger partial charge in [0.05, 0.1) is 10.2 Å². The Morgan fingerprint density at radius 3 is 2.52 bits per heavy atom. The SMILES string of the molecule is CNC(C)c1ccc(NC(=O)Nc2ccncc2Br)cc1. The molecule has 1 atom stereocenters. The van der Waals surface area contributed by atoms with Crippen LogP contribution < -0.4 is 16.0 Å². The molecule has 0 radical (unpaired) electrons. The van der Waals surface area contributed by atoms with Gasteiger partial charge in [0.25, 0.3) is 0 Å². The van der Waals surface area contributed by atoms with Gasteiger partial charge in [0.15, 0.2) is 0 Å². The van der Waals surface area contributed by atoms with Gasteiger partial charge in [-0.15, -0.1) is 0 Å². The molecule has 2 aromatic rings. The number of carbonyl (C=O) groups excluding carboxylic acids is 1. The molecule has 1 unspecified atom stereocenters. The average molecular weight is 349 g/mol. The maximum atomic E-state index is 11.9. The van der Waals surface area contributed by atoms with E-state index >= 15 is 0 Å². The highest BCUT2D eigenvalue weighted by Crippen LogP contribution is 2.20. The highest BCUT2D eigenvalue weighted by atomic mass is 79.9. The summed E-state index contributed by atoms with van der Waals surface area (Å²) in [6.07, 6.45) is 3.25. The van der Waals surface area contributed by atoms with E-state index in [0.29, 0.717) is 5.69 Å². The van der Waals surface area contributed by atoms with Crippen molar-refractivity contribution in [2.45, 2.75) is 13.0 Å². The zero-order valence-corrected chi connectivity index (χ0v) is 13.4. The van der Waals surface area contributed by atoms with Crippen LogP contribution in [0, 0.1) is 0 Å². The van der Waals surface area contributed by atoms with Crippen LogP contribution in [0.25, 0.3) is 0 Å². The van der Waals surface area contributed by atoms with Crippen LogP contribution in [0.15, 0.2) is 47.2 Å². The van der Waals surface area contributed by atoms with Crippen molar-refractivity contribution in [3.8, 4) is 0 Å². The lowest BCUT2D eigenvalue weighted by molar-refractivity contribution is 0.262. The molecular weight excluding hydrogens is 332 g/mol. The molecule has 0 saturated heterocycles. The smallest absolute Gasteiger partial charge is 0.313 e. The summed E-state index contributed by atoms with van der Waals surface area (Å²) in [4.78, 5) is 15.9. The number of benzene rings is 1. The molecule has 0 bridgehead atoms. The lowest BCUT2D eigenvalue weighted by atomic mass is 10.1. The van der Waals surface area contributed by atoms with E-state index in [2.05, 4.69) is 43.8 Å². The molecular formula is C15H17BrN4O. The fourth-order valence-corrected chi connectivity index (χ4v) is 2.13. The molecule has 0 aliphatic heterocycles. The zero-order valence-electron chi connectivity index (χ0n) is 11.9. The van der Waals surface area contributed by atoms with Gasteiger partial charge in [-0.3, -0.25) is 4.98 Å². The van der Waals surface area contributed by atoms with E-state index in [4.69, 9.17) is 0 Å². The summed E-state index contributed by atoms with van der Waals surface area (Å²) in [5, 5.41) is 8.72. The van der Waals surface area contributed by atoms with Crippen molar-refractivity contribution in [3.05, 3.63) is 52.8 Å². The number of pyridine rings is 1. The second-order valence-corrected chi connectivity index (χ2v) is 5.42. The first-order valence-corrected chi connectivity index (χ1v) is 7.34. The maximum Gasteiger partial charge on any atom is 0.323 e. The highest BCUT2D eigenvalue weighted by molar-refractivity contribution is 9.10.